The average molecular weight is 647 g/mol. The monoisotopic (exact) mass is 646 g/mol. The van der Waals surface area contributed by atoms with Crippen LogP contribution in [0.4, 0.5) is 28.4 Å². The summed E-state index contributed by atoms with van der Waals surface area (Å²) < 4.78 is 0. The molecule has 0 bridgehead atoms. The molecular formula is C43H35BN4Si. The van der Waals surface area contributed by atoms with Gasteiger partial charge in [0.05, 0.1) is 11.6 Å². The molecule has 6 heteroatoms. The number of para-hydroxylation sites is 1. The van der Waals surface area contributed by atoms with Crippen molar-refractivity contribution in [3.05, 3.63) is 145 Å². The predicted octanol–water partition coefficient (Wildman–Crippen LogP) is 3.66. The first-order valence-corrected chi connectivity index (χ1v) is 18.6. The summed E-state index contributed by atoms with van der Waals surface area (Å²) in [5, 5.41) is 15.5. The molecule has 0 atom stereocenters. The van der Waals surface area contributed by atoms with E-state index in [1.807, 2.05) is 6.07 Å². The molecule has 2 aliphatic heterocycles. The van der Waals surface area contributed by atoms with Gasteiger partial charge in [-0.1, -0.05) is 101 Å². The quantitative estimate of drug-likeness (QED) is 0.216. The molecule has 0 aromatic heterocycles. The Morgan fingerprint density at radius 1 is 0.592 bits per heavy atom. The summed E-state index contributed by atoms with van der Waals surface area (Å²) >= 11 is 0. The number of hydrogen-bond acceptors (Lipinski definition) is 4. The van der Waals surface area contributed by atoms with Crippen LogP contribution in [0.15, 0.2) is 133 Å². The summed E-state index contributed by atoms with van der Waals surface area (Å²) in [6, 6.07) is 50.9. The minimum absolute atomic E-state index is 0.0768. The number of benzene rings is 6. The Kier molecular flexibility index (Phi) is 7.21. The summed E-state index contributed by atoms with van der Waals surface area (Å²) in [5.74, 6) is 2.94. The number of nitriles is 1. The van der Waals surface area contributed by atoms with Gasteiger partial charge in [0.15, 0.2) is 8.07 Å². The molecular weight excluding hydrogens is 611 g/mol. The molecule has 2 heterocycles. The number of rotatable bonds is 4. The Morgan fingerprint density at radius 3 is 1.59 bits per heavy atom. The summed E-state index contributed by atoms with van der Waals surface area (Å²) in [4.78, 5) is 6.80. The van der Waals surface area contributed by atoms with Gasteiger partial charge in [0, 0.05) is 62.2 Å². The number of anilines is 5. The van der Waals surface area contributed by atoms with Crippen molar-refractivity contribution >= 4 is 80.4 Å². The van der Waals surface area contributed by atoms with E-state index in [9.17, 15) is 5.26 Å². The van der Waals surface area contributed by atoms with Crippen molar-refractivity contribution in [3.8, 4) is 18.4 Å². The van der Waals surface area contributed by atoms with Crippen LogP contribution in [0, 0.1) is 23.7 Å². The topological polar surface area (TPSA) is 33.5 Å². The standard InChI is InChI=1S/C43H35BN4Si/c1-6-30-17-21-40-36(25-30)44(32-13-9-7-10-14-32)37-26-31(29-45)18-22-41(37)49(40)42-23-19-34(46(2)3)27-38(42)48(33-15-11-8-12-16-33)39-28-35(47(4)5)20-24-43(39)49/h1,7-28H,2-5H3. The molecule has 0 radical (unpaired) electrons. The highest BCUT2D eigenvalue weighted by Crippen LogP contribution is 2.41. The molecule has 0 fully saturated rings. The second-order valence-electron chi connectivity index (χ2n) is 13.3. The molecule has 0 saturated carbocycles. The summed E-state index contributed by atoms with van der Waals surface area (Å²) in [6.45, 7) is -0.0768. The summed E-state index contributed by atoms with van der Waals surface area (Å²) in [6.07, 6.45) is 6.11. The first-order valence-electron chi connectivity index (χ1n) is 16.6. The fourth-order valence-electron chi connectivity index (χ4n) is 8.07. The molecule has 234 valence electrons. The Labute approximate surface area is 290 Å². The maximum atomic E-state index is 10.2. The lowest BCUT2D eigenvalue weighted by atomic mass is 9.36. The first kappa shape index (κ1) is 30.4. The van der Waals surface area contributed by atoms with Gasteiger partial charge in [-0.3, -0.25) is 0 Å². The maximum Gasteiger partial charge on any atom is 0.241 e. The molecule has 1 spiro atoms. The van der Waals surface area contributed by atoms with Crippen molar-refractivity contribution in [2.45, 2.75) is 0 Å². The zero-order valence-corrected chi connectivity index (χ0v) is 29.1. The highest BCUT2D eigenvalue weighted by atomic mass is 28.3. The van der Waals surface area contributed by atoms with Crippen LogP contribution in [0.2, 0.25) is 0 Å². The van der Waals surface area contributed by atoms with E-state index in [0.717, 1.165) is 22.6 Å². The van der Waals surface area contributed by atoms with E-state index in [0.29, 0.717) is 5.56 Å². The van der Waals surface area contributed by atoms with Crippen molar-refractivity contribution in [2.75, 3.05) is 42.9 Å². The summed E-state index contributed by atoms with van der Waals surface area (Å²) in [7, 11) is 5.36. The van der Waals surface area contributed by atoms with Gasteiger partial charge in [0.2, 0.25) is 6.71 Å². The second-order valence-corrected chi connectivity index (χ2v) is 17.0. The Hall–Kier alpha value is -5.95. The van der Waals surface area contributed by atoms with Crippen LogP contribution in [0.25, 0.3) is 0 Å². The number of hydrogen-bond donors (Lipinski definition) is 0. The first-order chi connectivity index (χ1) is 23.9. The van der Waals surface area contributed by atoms with Crippen LogP contribution in [0.3, 0.4) is 0 Å². The number of nitrogens with zero attached hydrogens (tertiary/aromatic N) is 4. The van der Waals surface area contributed by atoms with E-state index in [2.05, 4.69) is 182 Å². The molecule has 0 N–H and O–H groups in total. The van der Waals surface area contributed by atoms with Crippen molar-refractivity contribution in [2.24, 2.45) is 0 Å². The normalized spacial score (nSPS) is 13.3. The zero-order chi connectivity index (χ0) is 33.9. The van der Waals surface area contributed by atoms with Gasteiger partial charge in [0.25, 0.3) is 0 Å². The third-order valence-corrected chi connectivity index (χ3v) is 15.2. The highest BCUT2D eigenvalue weighted by molar-refractivity contribution is 7.27. The van der Waals surface area contributed by atoms with Crippen molar-refractivity contribution < 1.29 is 0 Å². The molecule has 6 aromatic rings. The maximum absolute atomic E-state index is 10.2. The van der Waals surface area contributed by atoms with Gasteiger partial charge in [-0.25, -0.2) is 0 Å². The van der Waals surface area contributed by atoms with Gasteiger partial charge < -0.3 is 14.7 Å². The average Bonchev–Trinajstić information content (AvgIpc) is 3.14. The van der Waals surface area contributed by atoms with Crippen LogP contribution in [0.5, 0.6) is 0 Å². The fourth-order valence-corrected chi connectivity index (χ4v) is 13.6. The predicted molar refractivity (Wildman–Crippen MR) is 211 cm³/mol. The van der Waals surface area contributed by atoms with Crippen molar-refractivity contribution in [1.82, 2.24) is 0 Å². The Morgan fingerprint density at radius 2 is 1.08 bits per heavy atom. The van der Waals surface area contributed by atoms with Crippen LogP contribution >= 0.6 is 0 Å². The molecule has 8 rings (SSSR count). The summed E-state index contributed by atoms with van der Waals surface area (Å²) in [5.41, 5.74) is 10.8. The number of fused-ring (bicyclic) bond motifs is 8. The third kappa shape index (κ3) is 4.53. The van der Waals surface area contributed by atoms with Crippen molar-refractivity contribution in [3.63, 3.8) is 0 Å². The SMILES string of the molecule is C#Cc1ccc2c(c1)B(c1ccccc1)c1cc(C#N)ccc1[Si]21c2ccc(N(C)C)cc2N(c2ccccc2)c2cc(N(C)C)ccc21. The van der Waals surface area contributed by atoms with Crippen LogP contribution in [0.1, 0.15) is 11.1 Å². The van der Waals surface area contributed by atoms with E-state index < -0.39 is 8.07 Å². The van der Waals surface area contributed by atoms with E-state index in [-0.39, 0.29) is 6.71 Å². The lowest BCUT2D eigenvalue weighted by molar-refractivity contribution is 1.12. The van der Waals surface area contributed by atoms with Gasteiger partial charge in [-0.15, -0.1) is 6.42 Å². The van der Waals surface area contributed by atoms with Crippen LogP contribution in [-0.2, 0) is 0 Å². The molecule has 0 aliphatic carbocycles. The Bertz CT molecular complexity index is 2210. The lowest BCUT2D eigenvalue weighted by Crippen LogP contribution is -2.87. The minimum atomic E-state index is -3.05. The van der Waals surface area contributed by atoms with E-state index in [1.54, 1.807) is 0 Å². The molecule has 6 aromatic carbocycles. The van der Waals surface area contributed by atoms with Gasteiger partial charge in [-0.05, 0) is 75.3 Å². The van der Waals surface area contributed by atoms with E-state index >= 15 is 0 Å². The Balaban J connectivity index is 1.59. The molecule has 0 saturated heterocycles. The molecule has 0 amide bonds. The molecule has 4 nitrogen and oxygen atoms in total. The second kappa shape index (κ2) is 11.6. The van der Waals surface area contributed by atoms with Crippen molar-refractivity contribution in [1.29, 1.82) is 5.26 Å². The van der Waals surface area contributed by atoms with Gasteiger partial charge >= 0.3 is 0 Å². The van der Waals surface area contributed by atoms with Crippen LogP contribution < -0.4 is 51.8 Å². The van der Waals surface area contributed by atoms with Gasteiger partial charge in [0.1, 0.15) is 0 Å². The largest absolute Gasteiger partial charge is 0.378 e. The molecule has 49 heavy (non-hydrogen) atoms. The highest BCUT2D eigenvalue weighted by Gasteiger charge is 2.55. The zero-order valence-electron chi connectivity index (χ0n) is 28.1. The lowest BCUT2D eigenvalue weighted by Gasteiger charge is -2.49. The van der Waals surface area contributed by atoms with E-state index in [4.69, 9.17) is 6.42 Å². The number of terminal acetylenes is 1. The minimum Gasteiger partial charge on any atom is -0.378 e. The van der Waals surface area contributed by atoms with Gasteiger partial charge in [-0.2, -0.15) is 5.26 Å². The fraction of sp³-hybridized carbons (Fsp3) is 0.0930. The van der Waals surface area contributed by atoms with E-state index in [1.165, 1.54) is 48.5 Å². The van der Waals surface area contributed by atoms with Crippen LogP contribution in [-0.4, -0.2) is 43.0 Å². The smallest absolute Gasteiger partial charge is 0.241 e. The molecule has 2 aliphatic rings. The molecule has 0 unspecified atom stereocenters. The third-order valence-electron chi connectivity index (χ3n) is 10.3.